The third kappa shape index (κ3) is 5.01. The van der Waals surface area contributed by atoms with Gasteiger partial charge in [0.15, 0.2) is 5.17 Å². The van der Waals surface area contributed by atoms with Gasteiger partial charge in [0.1, 0.15) is 0 Å². The number of nitrogens with one attached hydrogen (secondary N) is 1. The van der Waals surface area contributed by atoms with Crippen molar-refractivity contribution in [2.45, 2.75) is 0 Å². The lowest BCUT2D eigenvalue weighted by Gasteiger charge is -2.11. The summed E-state index contributed by atoms with van der Waals surface area (Å²) in [7, 11) is 7.98. The van der Waals surface area contributed by atoms with Gasteiger partial charge in [-0.3, -0.25) is 10.1 Å². The molecule has 0 saturated carbocycles. The van der Waals surface area contributed by atoms with E-state index < -0.39 is 0 Å². The summed E-state index contributed by atoms with van der Waals surface area (Å²) in [5, 5.41) is 11.4. The Labute approximate surface area is 169 Å². The zero-order chi connectivity index (χ0) is 20.1. The minimum atomic E-state index is -0.161. The summed E-state index contributed by atoms with van der Waals surface area (Å²) < 4.78 is 0. The van der Waals surface area contributed by atoms with Gasteiger partial charge in [0, 0.05) is 39.6 Å². The Kier molecular flexibility index (Phi) is 6.16. The molecule has 6 nitrogen and oxygen atoms in total. The fourth-order valence-electron chi connectivity index (χ4n) is 2.50. The number of rotatable bonds is 5. The number of amides is 1. The van der Waals surface area contributed by atoms with Crippen molar-refractivity contribution < 1.29 is 4.79 Å². The summed E-state index contributed by atoms with van der Waals surface area (Å²) >= 11 is 1.29. The molecule has 144 valence electrons. The normalized spacial score (nSPS) is 16.8. The van der Waals surface area contributed by atoms with E-state index in [9.17, 15) is 4.79 Å². The molecule has 0 aliphatic carbocycles. The summed E-state index contributed by atoms with van der Waals surface area (Å²) in [4.78, 5) is 16.8. The Morgan fingerprint density at radius 1 is 0.857 bits per heavy atom. The van der Waals surface area contributed by atoms with E-state index in [1.807, 2.05) is 92.6 Å². The van der Waals surface area contributed by atoms with E-state index in [0.717, 1.165) is 22.5 Å². The van der Waals surface area contributed by atoms with Gasteiger partial charge in [-0.15, -0.1) is 5.10 Å². The Morgan fingerprint density at radius 3 is 1.93 bits per heavy atom. The molecule has 7 heteroatoms. The predicted octanol–water partition coefficient (Wildman–Crippen LogP) is 3.41. The predicted molar refractivity (Wildman–Crippen MR) is 120 cm³/mol. The smallest absolute Gasteiger partial charge is 0.264 e. The van der Waals surface area contributed by atoms with Crippen molar-refractivity contribution in [3.05, 3.63) is 64.6 Å². The maximum Gasteiger partial charge on any atom is 0.264 e. The van der Waals surface area contributed by atoms with Gasteiger partial charge in [-0.05, 0) is 53.2 Å². The van der Waals surface area contributed by atoms with Crippen LogP contribution in [0.25, 0.3) is 6.08 Å². The number of benzene rings is 2. The highest BCUT2D eigenvalue weighted by atomic mass is 32.2. The van der Waals surface area contributed by atoms with Crippen LogP contribution in [0.1, 0.15) is 11.1 Å². The standard InChI is InChI=1S/C21H23N5OS/c1-25(2)17-9-5-15(6-10-17)13-19-20(27)23-21(28-19)24-22-14-16-7-11-18(12-8-16)26(3)4/h5-14H,1-4H3,(H,23,24,27)/b19-13-,22-14?. The van der Waals surface area contributed by atoms with E-state index in [4.69, 9.17) is 0 Å². The SMILES string of the molecule is CN(C)c1ccc(C=NN=C2NC(=O)/C(=C/c3ccc(N(C)C)cc3)S2)cc1. The molecule has 0 bridgehead atoms. The van der Waals surface area contributed by atoms with E-state index in [2.05, 4.69) is 15.5 Å². The number of nitrogens with zero attached hydrogens (tertiary/aromatic N) is 4. The van der Waals surface area contributed by atoms with Gasteiger partial charge in [-0.1, -0.05) is 24.3 Å². The van der Waals surface area contributed by atoms with E-state index >= 15 is 0 Å². The monoisotopic (exact) mass is 393 g/mol. The molecule has 2 aromatic carbocycles. The highest BCUT2D eigenvalue weighted by Crippen LogP contribution is 2.26. The zero-order valence-corrected chi connectivity index (χ0v) is 17.2. The molecule has 3 rings (SSSR count). The summed E-state index contributed by atoms with van der Waals surface area (Å²) in [6.07, 6.45) is 3.52. The van der Waals surface area contributed by atoms with Gasteiger partial charge >= 0.3 is 0 Å². The lowest BCUT2D eigenvalue weighted by Crippen LogP contribution is -2.19. The first-order valence-corrected chi connectivity index (χ1v) is 9.61. The first-order chi connectivity index (χ1) is 13.4. The molecule has 1 aliphatic heterocycles. The van der Waals surface area contributed by atoms with Gasteiger partial charge in [-0.2, -0.15) is 5.10 Å². The van der Waals surface area contributed by atoms with E-state index in [-0.39, 0.29) is 5.91 Å². The molecule has 2 aromatic rings. The lowest BCUT2D eigenvalue weighted by atomic mass is 10.2. The van der Waals surface area contributed by atoms with Crippen LogP contribution >= 0.6 is 11.8 Å². The average Bonchev–Trinajstić information content (AvgIpc) is 3.02. The molecule has 1 amide bonds. The third-order valence-electron chi connectivity index (χ3n) is 4.12. The Bertz CT molecular complexity index is 928. The second kappa shape index (κ2) is 8.75. The van der Waals surface area contributed by atoms with Gasteiger partial charge in [0.25, 0.3) is 5.91 Å². The second-order valence-electron chi connectivity index (χ2n) is 6.69. The first kappa shape index (κ1) is 19.7. The Morgan fingerprint density at radius 2 is 1.39 bits per heavy atom. The van der Waals surface area contributed by atoms with Crippen LogP contribution < -0.4 is 15.1 Å². The van der Waals surface area contributed by atoms with Gasteiger partial charge < -0.3 is 9.80 Å². The molecular formula is C21H23N5OS. The van der Waals surface area contributed by atoms with Crippen molar-refractivity contribution in [1.29, 1.82) is 0 Å². The highest BCUT2D eigenvalue weighted by Gasteiger charge is 2.23. The molecule has 1 fully saturated rings. The van der Waals surface area contributed by atoms with Gasteiger partial charge in [0.05, 0.1) is 11.1 Å². The molecular weight excluding hydrogens is 370 g/mol. The number of anilines is 2. The molecule has 1 N–H and O–H groups in total. The van der Waals surface area contributed by atoms with Crippen molar-refractivity contribution in [3.63, 3.8) is 0 Å². The Balaban J connectivity index is 1.66. The molecule has 0 spiro atoms. The van der Waals surface area contributed by atoms with Crippen LogP contribution in [0, 0.1) is 0 Å². The van der Waals surface area contributed by atoms with E-state index in [1.165, 1.54) is 11.8 Å². The highest BCUT2D eigenvalue weighted by molar-refractivity contribution is 8.18. The third-order valence-corrected chi connectivity index (χ3v) is 5.02. The average molecular weight is 394 g/mol. The van der Waals surface area contributed by atoms with Crippen molar-refractivity contribution in [3.8, 4) is 0 Å². The number of carbonyl (C=O) groups excluding carboxylic acids is 1. The van der Waals surface area contributed by atoms with E-state index in [0.29, 0.717) is 10.1 Å². The summed E-state index contributed by atoms with van der Waals surface area (Å²) in [6.45, 7) is 0. The summed E-state index contributed by atoms with van der Waals surface area (Å²) in [6, 6.07) is 16.0. The molecule has 1 aliphatic rings. The maximum atomic E-state index is 12.2. The quantitative estimate of drug-likeness (QED) is 0.480. The van der Waals surface area contributed by atoms with Crippen LogP contribution in [0.3, 0.4) is 0 Å². The van der Waals surface area contributed by atoms with Crippen molar-refractivity contribution in [1.82, 2.24) is 5.32 Å². The van der Waals surface area contributed by atoms with Crippen LogP contribution in [0.15, 0.2) is 63.6 Å². The number of hydrogen-bond acceptors (Lipinski definition) is 6. The van der Waals surface area contributed by atoms with Crippen LogP contribution in [0.4, 0.5) is 11.4 Å². The van der Waals surface area contributed by atoms with Crippen molar-refractivity contribution >= 4 is 46.5 Å². The Hall–Kier alpha value is -3.06. The minimum absolute atomic E-state index is 0.161. The fourth-order valence-corrected chi connectivity index (χ4v) is 3.28. The van der Waals surface area contributed by atoms with E-state index in [1.54, 1.807) is 6.21 Å². The number of amidine groups is 1. The van der Waals surface area contributed by atoms with Crippen LogP contribution in [0.5, 0.6) is 0 Å². The van der Waals surface area contributed by atoms with Crippen LogP contribution in [0.2, 0.25) is 0 Å². The molecule has 0 aromatic heterocycles. The minimum Gasteiger partial charge on any atom is -0.378 e. The van der Waals surface area contributed by atoms with Gasteiger partial charge in [-0.25, -0.2) is 0 Å². The van der Waals surface area contributed by atoms with Crippen LogP contribution in [-0.2, 0) is 4.79 Å². The number of carbonyl (C=O) groups is 1. The molecule has 0 radical (unpaired) electrons. The summed E-state index contributed by atoms with van der Waals surface area (Å²) in [5.41, 5.74) is 4.14. The first-order valence-electron chi connectivity index (χ1n) is 8.79. The van der Waals surface area contributed by atoms with Gasteiger partial charge in [0.2, 0.25) is 0 Å². The zero-order valence-electron chi connectivity index (χ0n) is 16.4. The molecule has 0 unspecified atom stereocenters. The summed E-state index contributed by atoms with van der Waals surface area (Å²) in [5.74, 6) is -0.161. The number of hydrogen-bond donors (Lipinski definition) is 1. The largest absolute Gasteiger partial charge is 0.378 e. The van der Waals surface area contributed by atoms with Crippen molar-refractivity contribution in [2.75, 3.05) is 38.0 Å². The van der Waals surface area contributed by atoms with Crippen molar-refractivity contribution in [2.24, 2.45) is 10.2 Å². The topological polar surface area (TPSA) is 60.3 Å². The molecule has 1 heterocycles. The van der Waals surface area contributed by atoms with Crippen LogP contribution in [-0.4, -0.2) is 45.5 Å². The number of thioether (sulfide) groups is 1. The molecule has 1 saturated heterocycles. The molecule has 28 heavy (non-hydrogen) atoms. The molecule has 0 atom stereocenters. The maximum absolute atomic E-state index is 12.2. The lowest BCUT2D eigenvalue weighted by molar-refractivity contribution is -0.115. The fraction of sp³-hybridized carbons (Fsp3) is 0.190. The second-order valence-corrected chi connectivity index (χ2v) is 7.72.